The minimum absolute atomic E-state index is 0.0241. The minimum Gasteiger partial charge on any atom is -0.481 e. The Balaban J connectivity index is 2.66. The van der Waals surface area contributed by atoms with E-state index < -0.39 is 21.7 Å². The van der Waals surface area contributed by atoms with Crippen molar-refractivity contribution < 1.29 is 23.1 Å². The maximum absolute atomic E-state index is 11.9. The van der Waals surface area contributed by atoms with Crippen molar-refractivity contribution in [2.24, 2.45) is 0 Å². The summed E-state index contributed by atoms with van der Waals surface area (Å²) in [5.74, 6) is -1.39. The molecule has 8 nitrogen and oxygen atoms in total. The number of carboxylic acids is 1. The lowest BCUT2D eigenvalue weighted by molar-refractivity contribution is -0.137. The highest BCUT2D eigenvalue weighted by Gasteiger charge is 2.31. The average Bonchev–Trinajstić information content (AvgIpc) is 2.84. The molecule has 0 saturated carbocycles. The van der Waals surface area contributed by atoms with Gasteiger partial charge < -0.3 is 15.3 Å². The Hall–Kier alpha value is -2.08. The molecule has 2 N–H and O–H groups in total. The van der Waals surface area contributed by atoms with Gasteiger partial charge >= 0.3 is 5.97 Å². The van der Waals surface area contributed by atoms with Crippen molar-refractivity contribution in [3.8, 4) is 6.07 Å². The van der Waals surface area contributed by atoms with Crippen LogP contribution in [0.2, 0.25) is 0 Å². The van der Waals surface area contributed by atoms with E-state index in [4.69, 9.17) is 10.4 Å². The predicted molar refractivity (Wildman–Crippen MR) is 83.0 cm³/mol. The molecule has 0 bridgehead atoms. The normalized spacial score (nSPS) is 19.8. The molecule has 0 aromatic heterocycles. The molecule has 1 rings (SSSR count). The van der Waals surface area contributed by atoms with E-state index in [-0.39, 0.29) is 42.5 Å². The Morgan fingerprint density at radius 2 is 2.17 bits per heavy atom. The van der Waals surface area contributed by atoms with Crippen LogP contribution in [-0.4, -0.2) is 60.9 Å². The molecule has 1 atom stereocenters. The van der Waals surface area contributed by atoms with Gasteiger partial charge in [0.05, 0.1) is 11.5 Å². The van der Waals surface area contributed by atoms with Crippen molar-refractivity contribution in [3.63, 3.8) is 0 Å². The molecule has 1 unspecified atom stereocenters. The maximum atomic E-state index is 11.9. The van der Waals surface area contributed by atoms with Gasteiger partial charge in [0.25, 0.3) is 5.91 Å². The predicted octanol–water partition coefficient (Wildman–Crippen LogP) is -0.116. The summed E-state index contributed by atoms with van der Waals surface area (Å²) in [7, 11) is -3.05. The Bertz CT molecular complexity index is 621. The van der Waals surface area contributed by atoms with E-state index in [1.807, 2.05) is 6.92 Å². The van der Waals surface area contributed by atoms with Gasteiger partial charge in [0.2, 0.25) is 0 Å². The monoisotopic (exact) mass is 343 g/mol. The molecule has 0 radical (unpaired) electrons. The largest absolute Gasteiger partial charge is 0.481 e. The van der Waals surface area contributed by atoms with Gasteiger partial charge in [-0.2, -0.15) is 5.26 Å². The zero-order chi connectivity index (χ0) is 17.5. The van der Waals surface area contributed by atoms with Gasteiger partial charge in [0.1, 0.15) is 11.6 Å². The summed E-state index contributed by atoms with van der Waals surface area (Å²) >= 11 is 0. The van der Waals surface area contributed by atoms with E-state index in [0.717, 1.165) is 0 Å². The highest BCUT2D eigenvalue weighted by Crippen LogP contribution is 2.18. The zero-order valence-electron chi connectivity index (χ0n) is 13.0. The van der Waals surface area contributed by atoms with E-state index in [1.54, 1.807) is 11.0 Å². The van der Waals surface area contributed by atoms with Crippen LogP contribution in [0.15, 0.2) is 11.8 Å². The fraction of sp³-hybridized carbons (Fsp3) is 0.643. The molecule has 0 aliphatic carbocycles. The number of amides is 1. The Kier molecular flexibility index (Phi) is 7.03. The van der Waals surface area contributed by atoms with Crippen molar-refractivity contribution in [1.82, 2.24) is 10.2 Å². The summed E-state index contributed by atoms with van der Waals surface area (Å²) in [5.41, 5.74) is -0.119. The lowest BCUT2D eigenvalue weighted by Crippen LogP contribution is -2.34. The van der Waals surface area contributed by atoms with Crippen molar-refractivity contribution in [2.45, 2.75) is 32.2 Å². The first-order chi connectivity index (χ1) is 10.8. The number of hydrogen-bond donors (Lipinski definition) is 2. The molecule has 1 saturated heterocycles. The van der Waals surface area contributed by atoms with Gasteiger partial charge in [0.15, 0.2) is 9.84 Å². The summed E-state index contributed by atoms with van der Waals surface area (Å²) < 4.78 is 23.1. The molecule has 128 valence electrons. The smallest absolute Gasteiger partial charge is 0.303 e. The number of nitrogens with zero attached hydrogens (tertiary/aromatic N) is 2. The second-order valence-corrected chi connectivity index (χ2v) is 7.52. The number of hydrogen-bond acceptors (Lipinski definition) is 6. The van der Waals surface area contributed by atoms with Crippen LogP contribution >= 0.6 is 0 Å². The first-order valence-corrected chi connectivity index (χ1v) is 9.19. The molecule has 1 aliphatic heterocycles. The Labute approximate surface area is 135 Å². The Morgan fingerprint density at radius 3 is 2.65 bits per heavy atom. The summed E-state index contributed by atoms with van der Waals surface area (Å²) in [6.45, 7) is 2.47. The van der Waals surface area contributed by atoms with E-state index in [1.165, 1.54) is 6.20 Å². The number of nitriles is 1. The van der Waals surface area contributed by atoms with Crippen molar-refractivity contribution >= 4 is 21.7 Å². The molecule has 1 aliphatic rings. The Morgan fingerprint density at radius 1 is 1.48 bits per heavy atom. The lowest BCUT2D eigenvalue weighted by atomic mass is 10.2. The molecule has 9 heteroatoms. The first kappa shape index (κ1) is 19.0. The van der Waals surface area contributed by atoms with Gasteiger partial charge in [-0.3, -0.25) is 9.59 Å². The summed E-state index contributed by atoms with van der Waals surface area (Å²) in [6, 6.07) is 1.57. The molecule has 1 amide bonds. The summed E-state index contributed by atoms with van der Waals surface area (Å²) in [5, 5.41) is 20.1. The van der Waals surface area contributed by atoms with Crippen LogP contribution in [0.5, 0.6) is 0 Å². The van der Waals surface area contributed by atoms with Crippen LogP contribution in [0.3, 0.4) is 0 Å². The topological polar surface area (TPSA) is 128 Å². The number of nitrogens with one attached hydrogen (secondary N) is 1. The van der Waals surface area contributed by atoms with Crippen LogP contribution < -0.4 is 5.32 Å². The minimum atomic E-state index is -3.05. The number of carboxylic acid groups (broad SMARTS) is 1. The van der Waals surface area contributed by atoms with E-state index >= 15 is 0 Å². The van der Waals surface area contributed by atoms with Gasteiger partial charge in [-0.05, 0) is 19.8 Å². The SMILES string of the molecule is CCN(/C=C(/C#N)C(=O)NCCCC(=O)O)C1CCS(=O)(=O)C1. The highest BCUT2D eigenvalue weighted by molar-refractivity contribution is 7.91. The van der Waals surface area contributed by atoms with E-state index in [0.29, 0.717) is 13.0 Å². The average molecular weight is 343 g/mol. The van der Waals surface area contributed by atoms with Crippen LogP contribution in [-0.2, 0) is 19.4 Å². The highest BCUT2D eigenvalue weighted by atomic mass is 32.2. The van der Waals surface area contributed by atoms with Gasteiger partial charge in [0, 0.05) is 31.8 Å². The van der Waals surface area contributed by atoms with Crippen LogP contribution in [0, 0.1) is 11.3 Å². The standard InChI is InChI=1S/C14H21N3O5S/c1-2-17(12-5-7-23(21,22)10-12)9-11(8-15)14(20)16-6-3-4-13(18)19/h9,12H,2-7,10H2,1H3,(H,16,20)(H,18,19)/b11-9-. The van der Waals surface area contributed by atoms with Crippen molar-refractivity contribution in [1.29, 1.82) is 5.26 Å². The molecule has 23 heavy (non-hydrogen) atoms. The molecule has 0 aromatic rings. The molecular weight excluding hydrogens is 322 g/mol. The van der Waals surface area contributed by atoms with Gasteiger partial charge in [-0.15, -0.1) is 0 Å². The van der Waals surface area contributed by atoms with Crippen molar-refractivity contribution in [2.75, 3.05) is 24.6 Å². The third kappa shape index (κ3) is 6.28. The second kappa shape index (κ2) is 8.53. The van der Waals surface area contributed by atoms with Gasteiger partial charge in [-0.1, -0.05) is 0 Å². The first-order valence-electron chi connectivity index (χ1n) is 7.37. The quantitative estimate of drug-likeness (QED) is 0.357. The van der Waals surface area contributed by atoms with Gasteiger partial charge in [-0.25, -0.2) is 8.42 Å². The fourth-order valence-electron chi connectivity index (χ4n) is 2.33. The summed E-state index contributed by atoms with van der Waals surface area (Å²) in [6.07, 6.45) is 2.08. The summed E-state index contributed by atoms with van der Waals surface area (Å²) in [4.78, 5) is 24.0. The molecule has 1 heterocycles. The third-order valence-electron chi connectivity index (χ3n) is 3.56. The number of sulfone groups is 1. The molecule has 0 aromatic carbocycles. The third-order valence-corrected chi connectivity index (χ3v) is 5.31. The zero-order valence-corrected chi connectivity index (χ0v) is 13.8. The number of rotatable bonds is 8. The second-order valence-electron chi connectivity index (χ2n) is 5.30. The molecule has 1 fully saturated rings. The lowest BCUT2D eigenvalue weighted by Gasteiger charge is -2.25. The number of carbonyl (C=O) groups excluding carboxylic acids is 1. The van der Waals surface area contributed by atoms with E-state index in [9.17, 15) is 18.0 Å². The molecular formula is C14H21N3O5S. The van der Waals surface area contributed by atoms with Crippen LogP contribution in [0.25, 0.3) is 0 Å². The number of carbonyl (C=O) groups is 2. The molecule has 0 spiro atoms. The van der Waals surface area contributed by atoms with Crippen molar-refractivity contribution in [3.05, 3.63) is 11.8 Å². The maximum Gasteiger partial charge on any atom is 0.303 e. The van der Waals surface area contributed by atoms with Crippen LogP contribution in [0.4, 0.5) is 0 Å². The van der Waals surface area contributed by atoms with E-state index in [2.05, 4.69) is 5.32 Å². The van der Waals surface area contributed by atoms with Crippen LogP contribution in [0.1, 0.15) is 26.2 Å². The number of aliphatic carboxylic acids is 1. The fourth-order valence-corrected chi connectivity index (χ4v) is 4.07.